The first kappa shape index (κ1) is 19.1. The summed E-state index contributed by atoms with van der Waals surface area (Å²) in [6, 6.07) is 25.9. The van der Waals surface area contributed by atoms with Crippen molar-refractivity contribution in [1.82, 2.24) is 10.3 Å². The molecule has 0 atom stereocenters. The maximum Gasteiger partial charge on any atom is 0.261 e. The van der Waals surface area contributed by atoms with Crippen LogP contribution in [0.4, 0.5) is 5.69 Å². The van der Waals surface area contributed by atoms with Gasteiger partial charge in [-0.25, -0.2) is 0 Å². The van der Waals surface area contributed by atoms with E-state index < -0.39 is 0 Å². The quantitative estimate of drug-likeness (QED) is 0.523. The molecule has 2 heterocycles. The number of anilines is 1. The second-order valence-corrected chi connectivity index (χ2v) is 7.90. The zero-order valence-electron chi connectivity index (χ0n) is 17.1. The zero-order valence-corrected chi connectivity index (χ0v) is 17.1. The van der Waals surface area contributed by atoms with Crippen LogP contribution in [0.1, 0.15) is 27.0 Å². The Morgan fingerprint density at radius 3 is 2.55 bits per heavy atom. The Labute approximate surface area is 180 Å². The Morgan fingerprint density at radius 2 is 1.68 bits per heavy atom. The van der Waals surface area contributed by atoms with Gasteiger partial charge in [0, 0.05) is 30.8 Å². The first-order chi connectivity index (χ1) is 15.2. The van der Waals surface area contributed by atoms with Crippen molar-refractivity contribution in [2.75, 3.05) is 11.4 Å². The van der Waals surface area contributed by atoms with Gasteiger partial charge >= 0.3 is 0 Å². The highest BCUT2D eigenvalue weighted by molar-refractivity contribution is 5.97. The molecule has 0 fully saturated rings. The van der Waals surface area contributed by atoms with Gasteiger partial charge in [-0.1, -0.05) is 60.7 Å². The molecule has 0 radical (unpaired) electrons. The lowest BCUT2D eigenvalue weighted by Crippen LogP contribution is -2.29. The minimum atomic E-state index is -0.377. The average Bonchev–Trinajstić information content (AvgIpc) is 3.21. The number of hydrogen-bond donors (Lipinski definition) is 2. The number of pyridine rings is 1. The number of aromatic nitrogens is 1. The molecule has 4 aromatic rings. The fourth-order valence-corrected chi connectivity index (χ4v) is 4.15. The lowest BCUT2D eigenvalue weighted by molar-refractivity contribution is 0.0949. The number of benzene rings is 3. The largest absolute Gasteiger partial charge is 0.367 e. The van der Waals surface area contributed by atoms with Gasteiger partial charge in [-0.2, -0.15) is 0 Å². The molecule has 154 valence electrons. The lowest BCUT2D eigenvalue weighted by Gasteiger charge is -2.19. The van der Waals surface area contributed by atoms with Gasteiger partial charge in [0.1, 0.15) is 5.56 Å². The van der Waals surface area contributed by atoms with E-state index in [1.807, 2.05) is 36.4 Å². The highest BCUT2D eigenvalue weighted by Crippen LogP contribution is 2.28. The number of amides is 1. The summed E-state index contributed by atoms with van der Waals surface area (Å²) in [5, 5.41) is 3.69. The number of fused-ring (bicyclic) bond motifs is 2. The number of aromatic amines is 1. The molecule has 5 heteroatoms. The van der Waals surface area contributed by atoms with Gasteiger partial charge < -0.3 is 15.2 Å². The highest BCUT2D eigenvalue weighted by Gasteiger charge is 2.18. The van der Waals surface area contributed by atoms with Crippen molar-refractivity contribution < 1.29 is 4.79 Å². The van der Waals surface area contributed by atoms with E-state index in [1.54, 1.807) is 6.07 Å². The van der Waals surface area contributed by atoms with E-state index in [1.165, 1.54) is 16.8 Å². The van der Waals surface area contributed by atoms with Crippen LogP contribution in [0.2, 0.25) is 0 Å². The van der Waals surface area contributed by atoms with E-state index in [4.69, 9.17) is 0 Å². The minimum absolute atomic E-state index is 0.128. The molecule has 1 amide bonds. The Kier molecular flexibility index (Phi) is 5.00. The van der Waals surface area contributed by atoms with Crippen molar-refractivity contribution in [3.63, 3.8) is 0 Å². The van der Waals surface area contributed by atoms with Gasteiger partial charge in [-0.05, 0) is 46.7 Å². The topological polar surface area (TPSA) is 65.2 Å². The fourth-order valence-electron chi connectivity index (χ4n) is 4.15. The molecule has 5 rings (SSSR count). The predicted molar refractivity (Wildman–Crippen MR) is 123 cm³/mol. The SMILES string of the molecule is O=C(NCc1ccc(CN2CCc3ccccc32)cc1)c1cc2ccccc2[nH]c1=O. The molecular weight excluding hydrogens is 386 g/mol. The fraction of sp³-hybridized carbons (Fsp3) is 0.154. The maximum atomic E-state index is 12.6. The molecule has 0 spiro atoms. The number of hydrogen-bond acceptors (Lipinski definition) is 3. The molecule has 3 aromatic carbocycles. The highest BCUT2D eigenvalue weighted by atomic mass is 16.2. The Balaban J connectivity index is 1.23. The Hall–Kier alpha value is -3.86. The van der Waals surface area contributed by atoms with Crippen molar-refractivity contribution in [2.45, 2.75) is 19.5 Å². The molecule has 0 saturated heterocycles. The first-order valence-corrected chi connectivity index (χ1v) is 10.5. The number of carbonyl (C=O) groups is 1. The van der Waals surface area contributed by atoms with Crippen LogP contribution in [0.3, 0.4) is 0 Å². The van der Waals surface area contributed by atoms with Crippen LogP contribution in [0.5, 0.6) is 0 Å². The monoisotopic (exact) mass is 409 g/mol. The molecule has 2 N–H and O–H groups in total. The van der Waals surface area contributed by atoms with E-state index in [0.717, 1.165) is 36.0 Å². The van der Waals surface area contributed by atoms with E-state index >= 15 is 0 Å². The van der Waals surface area contributed by atoms with Crippen LogP contribution in [0.15, 0.2) is 83.7 Å². The third-order valence-electron chi connectivity index (χ3n) is 5.83. The Bertz CT molecular complexity index is 1310. The molecule has 0 saturated carbocycles. The first-order valence-electron chi connectivity index (χ1n) is 10.5. The van der Waals surface area contributed by atoms with Crippen LogP contribution >= 0.6 is 0 Å². The molecule has 1 aromatic heterocycles. The summed E-state index contributed by atoms with van der Waals surface area (Å²) in [7, 11) is 0. The van der Waals surface area contributed by atoms with Crippen molar-refractivity contribution >= 4 is 22.5 Å². The van der Waals surface area contributed by atoms with Crippen molar-refractivity contribution in [3.05, 3.63) is 111 Å². The van der Waals surface area contributed by atoms with Gasteiger partial charge in [0.25, 0.3) is 11.5 Å². The maximum absolute atomic E-state index is 12.6. The summed E-state index contributed by atoms with van der Waals surface area (Å²) in [6.45, 7) is 2.28. The van der Waals surface area contributed by atoms with E-state index in [-0.39, 0.29) is 17.0 Å². The third-order valence-corrected chi connectivity index (χ3v) is 5.83. The van der Waals surface area contributed by atoms with Gasteiger partial charge in [0.15, 0.2) is 0 Å². The normalized spacial score (nSPS) is 12.7. The second-order valence-electron chi connectivity index (χ2n) is 7.90. The van der Waals surface area contributed by atoms with Crippen molar-refractivity contribution in [2.24, 2.45) is 0 Å². The summed E-state index contributed by atoms with van der Waals surface area (Å²) in [5.41, 5.74) is 5.43. The van der Waals surface area contributed by atoms with Gasteiger partial charge in [-0.15, -0.1) is 0 Å². The zero-order chi connectivity index (χ0) is 21.2. The molecular formula is C26H23N3O2. The number of para-hydroxylation sites is 2. The molecule has 1 aliphatic heterocycles. The van der Waals surface area contributed by atoms with E-state index in [0.29, 0.717) is 6.54 Å². The summed E-state index contributed by atoms with van der Waals surface area (Å²) in [5.74, 6) is -0.371. The van der Waals surface area contributed by atoms with Crippen molar-refractivity contribution in [3.8, 4) is 0 Å². The summed E-state index contributed by atoms with van der Waals surface area (Å²) in [4.78, 5) is 30.0. The molecule has 31 heavy (non-hydrogen) atoms. The number of carbonyl (C=O) groups excluding carboxylic acids is 1. The predicted octanol–water partition coefficient (Wildman–Crippen LogP) is 4.02. The Morgan fingerprint density at radius 1 is 0.935 bits per heavy atom. The van der Waals surface area contributed by atoms with Crippen LogP contribution in [-0.4, -0.2) is 17.4 Å². The number of nitrogens with one attached hydrogen (secondary N) is 2. The minimum Gasteiger partial charge on any atom is -0.367 e. The van der Waals surface area contributed by atoms with Crippen LogP contribution in [-0.2, 0) is 19.5 Å². The second kappa shape index (κ2) is 8.11. The summed E-state index contributed by atoms with van der Waals surface area (Å²) < 4.78 is 0. The standard InChI is InChI=1S/C26H23N3O2/c30-25(22-15-21-6-1-3-7-23(21)28-26(22)31)27-16-18-9-11-19(12-10-18)17-29-14-13-20-5-2-4-8-24(20)29/h1-12,15H,13-14,16-17H2,(H,27,30)(H,28,31). The van der Waals surface area contributed by atoms with Crippen molar-refractivity contribution in [1.29, 1.82) is 0 Å². The van der Waals surface area contributed by atoms with Crippen LogP contribution in [0.25, 0.3) is 10.9 Å². The average molecular weight is 409 g/mol. The smallest absolute Gasteiger partial charge is 0.261 e. The molecule has 0 unspecified atom stereocenters. The molecule has 5 nitrogen and oxygen atoms in total. The van der Waals surface area contributed by atoms with E-state index in [9.17, 15) is 9.59 Å². The number of rotatable bonds is 5. The summed E-state index contributed by atoms with van der Waals surface area (Å²) in [6.07, 6.45) is 1.09. The molecule has 0 bridgehead atoms. The molecule has 1 aliphatic rings. The molecule has 0 aliphatic carbocycles. The summed E-state index contributed by atoms with van der Waals surface area (Å²) >= 11 is 0. The van der Waals surface area contributed by atoms with E-state index in [2.05, 4.69) is 51.6 Å². The third kappa shape index (κ3) is 3.94. The lowest BCUT2D eigenvalue weighted by atomic mass is 10.1. The number of H-pyrrole nitrogens is 1. The van der Waals surface area contributed by atoms with Gasteiger partial charge in [0.2, 0.25) is 0 Å². The van der Waals surface area contributed by atoms with Gasteiger partial charge in [-0.3, -0.25) is 9.59 Å². The number of nitrogens with zero attached hydrogens (tertiary/aromatic N) is 1. The van der Waals surface area contributed by atoms with Gasteiger partial charge in [0.05, 0.1) is 0 Å². The van der Waals surface area contributed by atoms with Crippen LogP contribution < -0.4 is 15.8 Å². The van der Waals surface area contributed by atoms with Crippen LogP contribution in [0, 0.1) is 0 Å².